The summed E-state index contributed by atoms with van der Waals surface area (Å²) in [7, 11) is 0. The van der Waals surface area contributed by atoms with Crippen molar-refractivity contribution < 1.29 is 3.76 Å². The Balaban J connectivity index is 2.53. The Morgan fingerprint density at radius 1 is 1.25 bits per heavy atom. The Hall–Kier alpha value is 0.503. The minimum absolute atomic E-state index is 0.931. The average molecular weight is 174 g/mol. The van der Waals surface area contributed by atoms with E-state index in [1.54, 1.807) is 16.9 Å². The van der Waals surface area contributed by atoms with Crippen molar-refractivity contribution in [3.63, 3.8) is 0 Å². The molecule has 0 heterocycles. The van der Waals surface area contributed by atoms with Crippen LogP contribution in [0.15, 0.2) is 0 Å². The number of hydrogen-bond acceptors (Lipinski definition) is 1. The van der Waals surface area contributed by atoms with Crippen molar-refractivity contribution in [2.24, 2.45) is 0 Å². The molecule has 0 N–H and O–H groups in total. The summed E-state index contributed by atoms with van der Waals surface area (Å²) in [5.74, 6) is 0. The van der Waals surface area contributed by atoms with Gasteiger partial charge in [-0.05, 0) is 0 Å². The molecule has 0 aliphatic carbocycles. The van der Waals surface area contributed by atoms with E-state index in [2.05, 4.69) is 6.92 Å². The minimum atomic E-state index is 0.931. The molecule has 0 spiro atoms. The van der Waals surface area contributed by atoms with E-state index in [1.807, 2.05) is 0 Å². The molecule has 0 aromatic rings. The molecule has 0 rings (SSSR count). The van der Waals surface area contributed by atoms with Crippen LogP contribution in [0.25, 0.3) is 0 Å². The van der Waals surface area contributed by atoms with Crippen LogP contribution in [0.2, 0.25) is 0 Å². The molecule has 0 aromatic carbocycles. The van der Waals surface area contributed by atoms with E-state index in [4.69, 9.17) is 3.76 Å². The molecule has 3 radical (unpaired) electrons. The summed E-state index contributed by atoms with van der Waals surface area (Å²) >= 11 is 1.76. The van der Waals surface area contributed by atoms with Crippen LogP contribution in [-0.4, -0.2) is 23.5 Å². The first-order chi connectivity index (χ1) is 3.91. The number of unbranched alkanes of at least 4 members (excludes halogenated alkanes) is 3. The van der Waals surface area contributed by atoms with E-state index in [0.717, 1.165) is 6.61 Å². The van der Waals surface area contributed by atoms with Gasteiger partial charge in [-0.1, -0.05) is 0 Å². The third kappa shape index (κ3) is 6.50. The molecule has 1 nitrogen and oxygen atoms in total. The van der Waals surface area contributed by atoms with E-state index >= 15 is 0 Å². The second-order valence-corrected chi connectivity index (χ2v) is 2.51. The molecule has 0 saturated heterocycles. The quantitative estimate of drug-likeness (QED) is 0.454. The van der Waals surface area contributed by atoms with E-state index < -0.39 is 0 Å². The van der Waals surface area contributed by atoms with Gasteiger partial charge in [0.1, 0.15) is 0 Å². The molecule has 0 aliphatic heterocycles. The monoisotopic (exact) mass is 175 g/mol. The Morgan fingerprint density at radius 3 is 2.50 bits per heavy atom. The van der Waals surface area contributed by atoms with Gasteiger partial charge in [-0.15, -0.1) is 0 Å². The molecule has 0 aromatic heterocycles. The molecule has 0 saturated carbocycles. The normalized spacial score (nSPS) is 9.75. The molecular weight excluding hydrogens is 161 g/mol. The maximum atomic E-state index is 4.89. The zero-order valence-corrected chi connectivity index (χ0v) is 7.54. The first-order valence-electron chi connectivity index (χ1n) is 3.20. The molecule has 0 atom stereocenters. The SMILES string of the molecule is CCCCCC[O][Ge]. The van der Waals surface area contributed by atoms with Crippen molar-refractivity contribution in [1.82, 2.24) is 0 Å². The Bertz CT molecular complexity index is 33.5. The zero-order chi connectivity index (χ0) is 6.24. The van der Waals surface area contributed by atoms with Gasteiger partial charge in [0, 0.05) is 0 Å². The summed E-state index contributed by atoms with van der Waals surface area (Å²) in [6, 6.07) is 0. The van der Waals surface area contributed by atoms with Crippen molar-refractivity contribution in [3.8, 4) is 0 Å². The van der Waals surface area contributed by atoms with Crippen LogP contribution in [-0.2, 0) is 3.76 Å². The van der Waals surface area contributed by atoms with Gasteiger partial charge in [-0.25, -0.2) is 0 Å². The second-order valence-electron chi connectivity index (χ2n) is 1.91. The molecule has 0 amide bonds. The van der Waals surface area contributed by atoms with E-state index in [1.165, 1.54) is 25.7 Å². The summed E-state index contributed by atoms with van der Waals surface area (Å²) < 4.78 is 4.89. The fourth-order valence-corrected chi connectivity index (χ4v) is 0.904. The first kappa shape index (κ1) is 8.50. The van der Waals surface area contributed by atoms with Gasteiger partial charge in [-0.2, -0.15) is 0 Å². The van der Waals surface area contributed by atoms with Gasteiger partial charge in [0.2, 0.25) is 0 Å². The summed E-state index contributed by atoms with van der Waals surface area (Å²) in [6.07, 6.45) is 5.21. The van der Waals surface area contributed by atoms with Gasteiger partial charge in [0.15, 0.2) is 0 Å². The van der Waals surface area contributed by atoms with Crippen LogP contribution < -0.4 is 0 Å². The third-order valence-electron chi connectivity index (χ3n) is 1.10. The Kier molecular flexibility index (Phi) is 7.97. The summed E-state index contributed by atoms with van der Waals surface area (Å²) in [6.45, 7) is 3.15. The average Bonchev–Trinajstić information content (AvgIpc) is 1.81. The molecule has 47 valence electrons. The van der Waals surface area contributed by atoms with E-state index in [0.29, 0.717) is 0 Å². The summed E-state index contributed by atoms with van der Waals surface area (Å²) in [5.41, 5.74) is 0. The molecule has 0 aliphatic rings. The fraction of sp³-hybridized carbons (Fsp3) is 1.00. The van der Waals surface area contributed by atoms with Crippen LogP contribution in [0.5, 0.6) is 0 Å². The summed E-state index contributed by atoms with van der Waals surface area (Å²) in [4.78, 5) is 0. The van der Waals surface area contributed by atoms with Crippen molar-refractivity contribution in [2.45, 2.75) is 32.6 Å². The third-order valence-corrected chi connectivity index (χ3v) is 1.53. The zero-order valence-electron chi connectivity index (χ0n) is 5.44. The van der Waals surface area contributed by atoms with Crippen molar-refractivity contribution in [3.05, 3.63) is 0 Å². The van der Waals surface area contributed by atoms with Gasteiger partial charge in [0.05, 0.1) is 0 Å². The van der Waals surface area contributed by atoms with Crippen LogP contribution in [0, 0.1) is 0 Å². The first-order valence-corrected chi connectivity index (χ1v) is 4.06. The van der Waals surface area contributed by atoms with Gasteiger partial charge in [0.25, 0.3) is 0 Å². The summed E-state index contributed by atoms with van der Waals surface area (Å²) in [5, 5.41) is 0. The predicted molar refractivity (Wildman–Crippen MR) is 35.8 cm³/mol. The number of hydrogen-bond donors (Lipinski definition) is 0. The van der Waals surface area contributed by atoms with Gasteiger partial charge < -0.3 is 0 Å². The topological polar surface area (TPSA) is 9.23 Å². The number of rotatable bonds is 5. The maximum absolute atomic E-state index is 4.89. The molecular formula is C6H13GeO. The van der Waals surface area contributed by atoms with Crippen LogP contribution in [0.3, 0.4) is 0 Å². The molecule has 0 fully saturated rings. The fourth-order valence-electron chi connectivity index (χ4n) is 0.601. The van der Waals surface area contributed by atoms with Crippen LogP contribution in [0.4, 0.5) is 0 Å². The van der Waals surface area contributed by atoms with Crippen molar-refractivity contribution in [2.75, 3.05) is 6.61 Å². The van der Waals surface area contributed by atoms with E-state index in [9.17, 15) is 0 Å². The van der Waals surface area contributed by atoms with Crippen LogP contribution in [0.1, 0.15) is 32.6 Å². The molecule has 0 unspecified atom stereocenters. The standard InChI is InChI=1S/C6H13GeO/c1-2-3-4-5-6-8-7/h2-6H2,1H3. The Morgan fingerprint density at radius 2 is 2.00 bits per heavy atom. The predicted octanol–water partition coefficient (Wildman–Crippen LogP) is 1.67. The molecule has 2 heteroatoms. The van der Waals surface area contributed by atoms with Gasteiger partial charge in [-0.3, -0.25) is 0 Å². The van der Waals surface area contributed by atoms with Gasteiger partial charge >= 0.3 is 59.8 Å². The van der Waals surface area contributed by atoms with Crippen molar-refractivity contribution >= 4 is 16.9 Å². The van der Waals surface area contributed by atoms with Crippen molar-refractivity contribution in [1.29, 1.82) is 0 Å². The van der Waals surface area contributed by atoms with Crippen LogP contribution >= 0.6 is 0 Å². The second kappa shape index (κ2) is 7.50. The van der Waals surface area contributed by atoms with E-state index in [-0.39, 0.29) is 0 Å². The molecule has 0 bridgehead atoms. The Labute approximate surface area is 60.4 Å². The molecule has 8 heavy (non-hydrogen) atoms.